The SMILES string of the molecule is Cc1ccccc1S(=O)Cc1cc(CN)ccc1F. The molecule has 0 saturated heterocycles. The van der Waals surface area contributed by atoms with Crippen molar-refractivity contribution in [3.05, 3.63) is 65.0 Å². The van der Waals surface area contributed by atoms with Gasteiger partial charge in [-0.25, -0.2) is 4.39 Å². The lowest BCUT2D eigenvalue weighted by atomic mass is 10.1. The first-order chi connectivity index (χ1) is 9.11. The smallest absolute Gasteiger partial charge is 0.127 e. The minimum Gasteiger partial charge on any atom is -0.326 e. The summed E-state index contributed by atoms with van der Waals surface area (Å²) in [7, 11) is -1.25. The Morgan fingerprint density at radius 2 is 1.95 bits per heavy atom. The summed E-state index contributed by atoms with van der Waals surface area (Å²) in [5, 5.41) is 0. The van der Waals surface area contributed by atoms with E-state index in [2.05, 4.69) is 0 Å². The molecule has 19 heavy (non-hydrogen) atoms. The predicted molar refractivity (Wildman–Crippen MR) is 75.6 cm³/mol. The van der Waals surface area contributed by atoms with Crippen molar-refractivity contribution >= 4 is 10.8 Å². The van der Waals surface area contributed by atoms with Crippen molar-refractivity contribution in [1.82, 2.24) is 0 Å². The van der Waals surface area contributed by atoms with Crippen molar-refractivity contribution in [3.8, 4) is 0 Å². The van der Waals surface area contributed by atoms with E-state index in [9.17, 15) is 8.60 Å². The first-order valence-corrected chi connectivity index (χ1v) is 7.35. The Labute approximate surface area is 114 Å². The quantitative estimate of drug-likeness (QED) is 0.933. The summed E-state index contributed by atoms with van der Waals surface area (Å²) < 4.78 is 26.0. The molecular formula is C15H16FNOS. The van der Waals surface area contributed by atoms with Crippen molar-refractivity contribution in [2.24, 2.45) is 5.73 Å². The van der Waals surface area contributed by atoms with Gasteiger partial charge in [-0.2, -0.15) is 0 Å². The monoisotopic (exact) mass is 277 g/mol. The van der Waals surface area contributed by atoms with E-state index in [4.69, 9.17) is 5.73 Å². The Morgan fingerprint density at radius 1 is 1.21 bits per heavy atom. The van der Waals surface area contributed by atoms with Gasteiger partial charge in [0.2, 0.25) is 0 Å². The second kappa shape index (κ2) is 6.08. The van der Waals surface area contributed by atoms with Crippen molar-refractivity contribution in [2.75, 3.05) is 0 Å². The van der Waals surface area contributed by atoms with E-state index in [0.717, 1.165) is 16.0 Å². The van der Waals surface area contributed by atoms with Crippen LogP contribution in [0.15, 0.2) is 47.4 Å². The summed E-state index contributed by atoms with van der Waals surface area (Å²) in [6.07, 6.45) is 0. The van der Waals surface area contributed by atoms with Gasteiger partial charge in [-0.3, -0.25) is 4.21 Å². The normalized spacial score (nSPS) is 12.4. The summed E-state index contributed by atoms with van der Waals surface area (Å²) in [5.74, 6) is -0.163. The van der Waals surface area contributed by atoms with Gasteiger partial charge in [0.1, 0.15) is 5.82 Å². The van der Waals surface area contributed by atoms with Crippen LogP contribution in [0.2, 0.25) is 0 Å². The van der Waals surface area contributed by atoms with E-state index in [1.807, 2.05) is 31.2 Å². The van der Waals surface area contributed by atoms with Gasteiger partial charge in [0.05, 0.1) is 16.6 Å². The molecule has 4 heteroatoms. The minimum absolute atomic E-state index is 0.171. The van der Waals surface area contributed by atoms with Crippen molar-refractivity contribution in [2.45, 2.75) is 24.1 Å². The molecule has 0 aromatic heterocycles. The summed E-state index contributed by atoms with van der Waals surface area (Å²) in [6.45, 7) is 2.25. The van der Waals surface area contributed by atoms with E-state index in [1.165, 1.54) is 6.07 Å². The molecule has 0 heterocycles. The van der Waals surface area contributed by atoms with Gasteiger partial charge in [-0.05, 0) is 30.2 Å². The van der Waals surface area contributed by atoms with Gasteiger partial charge >= 0.3 is 0 Å². The lowest BCUT2D eigenvalue weighted by Crippen LogP contribution is -2.03. The highest BCUT2D eigenvalue weighted by Gasteiger charge is 2.11. The molecule has 0 aliphatic rings. The molecule has 0 saturated carbocycles. The molecule has 0 spiro atoms. The Balaban J connectivity index is 2.26. The number of hydrogen-bond donors (Lipinski definition) is 1. The zero-order valence-corrected chi connectivity index (χ0v) is 11.5. The molecule has 0 aliphatic heterocycles. The second-order valence-corrected chi connectivity index (χ2v) is 5.80. The number of benzene rings is 2. The molecule has 2 N–H and O–H groups in total. The molecule has 0 radical (unpaired) electrons. The summed E-state index contributed by atoms with van der Waals surface area (Å²) in [4.78, 5) is 0.750. The van der Waals surface area contributed by atoms with Gasteiger partial charge in [0, 0.05) is 17.0 Å². The summed E-state index contributed by atoms with van der Waals surface area (Å²) >= 11 is 0. The largest absolute Gasteiger partial charge is 0.326 e. The van der Waals surface area contributed by atoms with Gasteiger partial charge in [0.15, 0.2) is 0 Å². The second-order valence-electron chi connectivity index (χ2n) is 4.39. The molecule has 100 valence electrons. The van der Waals surface area contributed by atoms with Gasteiger partial charge < -0.3 is 5.73 Å². The summed E-state index contributed by atoms with van der Waals surface area (Å²) in [5.41, 5.74) is 7.79. The first-order valence-electron chi connectivity index (χ1n) is 6.03. The molecule has 2 aromatic rings. The molecule has 2 rings (SSSR count). The highest BCUT2D eigenvalue weighted by atomic mass is 32.2. The maximum Gasteiger partial charge on any atom is 0.127 e. The molecule has 2 nitrogen and oxygen atoms in total. The minimum atomic E-state index is -1.25. The Morgan fingerprint density at radius 3 is 2.63 bits per heavy atom. The van der Waals surface area contributed by atoms with Crippen LogP contribution in [0.5, 0.6) is 0 Å². The van der Waals surface area contributed by atoms with Crippen LogP contribution in [0.1, 0.15) is 16.7 Å². The van der Waals surface area contributed by atoms with Crippen molar-refractivity contribution in [1.29, 1.82) is 0 Å². The molecule has 1 unspecified atom stereocenters. The standard InChI is InChI=1S/C15H16FNOS/c1-11-4-2-3-5-15(11)19(18)10-13-8-12(9-17)6-7-14(13)16/h2-8H,9-10,17H2,1H3. The molecule has 0 fully saturated rings. The molecule has 1 atom stereocenters. The Hall–Kier alpha value is -1.52. The highest BCUT2D eigenvalue weighted by Crippen LogP contribution is 2.19. The number of hydrogen-bond acceptors (Lipinski definition) is 2. The van der Waals surface area contributed by atoms with Crippen LogP contribution in [0.25, 0.3) is 0 Å². The molecule has 2 aromatic carbocycles. The van der Waals surface area contributed by atoms with E-state index < -0.39 is 10.8 Å². The Bertz CT molecular complexity index is 613. The van der Waals surface area contributed by atoms with Crippen LogP contribution < -0.4 is 5.73 Å². The molecule has 0 aliphatic carbocycles. The van der Waals surface area contributed by atoms with Crippen LogP contribution in [0.4, 0.5) is 4.39 Å². The van der Waals surface area contributed by atoms with Gasteiger partial charge in [-0.15, -0.1) is 0 Å². The van der Waals surface area contributed by atoms with E-state index in [0.29, 0.717) is 12.1 Å². The molecular weight excluding hydrogens is 261 g/mol. The van der Waals surface area contributed by atoms with Crippen LogP contribution in [0.3, 0.4) is 0 Å². The third kappa shape index (κ3) is 3.28. The maximum atomic E-state index is 13.7. The van der Waals surface area contributed by atoms with Crippen molar-refractivity contribution < 1.29 is 8.60 Å². The average molecular weight is 277 g/mol. The van der Waals surface area contributed by atoms with Gasteiger partial charge in [0.25, 0.3) is 0 Å². The topological polar surface area (TPSA) is 43.1 Å². The fraction of sp³-hybridized carbons (Fsp3) is 0.200. The summed E-state index contributed by atoms with van der Waals surface area (Å²) in [6, 6.07) is 12.2. The fourth-order valence-electron chi connectivity index (χ4n) is 1.90. The maximum absolute atomic E-state index is 13.7. The highest BCUT2D eigenvalue weighted by molar-refractivity contribution is 7.84. The first kappa shape index (κ1) is 13.9. The van der Waals surface area contributed by atoms with Crippen LogP contribution in [0, 0.1) is 12.7 Å². The van der Waals surface area contributed by atoms with E-state index >= 15 is 0 Å². The lowest BCUT2D eigenvalue weighted by molar-refractivity contribution is 0.614. The number of aryl methyl sites for hydroxylation is 1. The van der Waals surface area contributed by atoms with Crippen LogP contribution in [-0.2, 0) is 23.1 Å². The number of halogens is 1. The van der Waals surface area contributed by atoms with Crippen molar-refractivity contribution in [3.63, 3.8) is 0 Å². The van der Waals surface area contributed by atoms with Crippen LogP contribution >= 0.6 is 0 Å². The fourth-order valence-corrected chi connectivity index (χ4v) is 3.21. The third-order valence-corrected chi connectivity index (χ3v) is 4.49. The zero-order valence-electron chi connectivity index (χ0n) is 10.7. The van der Waals surface area contributed by atoms with Gasteiger partial charge in [-0.1, -0.05) is 30.3 Å². The van der Waals surface area contributed by atoms with Crippen LogP contribution in [-0.4, -0.2) is 4.21 Å². The predicted octanol–water partition coefficient (Wildman–Crippen LogP) is 2.90. The average Bonchev–Trinajstić information content (AvgIpc) is 2.41. The third-order valence-electron chi connectivity index (χ3n) is 2.97. The molecule has 0 bridgehead atoms. The zero-order chi connectivity index (χ0) is 13.8. The van der Waals surface area contributed by atoms with E-state index in [1.54, 1.807) is 12.1 Å². The van der Waals surface area contributed by atoms with E-state index in [-0.39, 0.29) is 11.6 Å². The number of nitrogens with two attached hydrogens (primary N) is 1. The Kier molecular flexibility index (Phi) is 4.45. The number of rotatable bonds is 4. The lowest BCUT2D eigenvalue weighted by Gasteiger charge is -2.08. The molecule has 0 amide bonds.